The topological polar surface area (TPSA) is 66.4 Å². The van der Waals surface area contributed by atoms with Crippen LogP contribution in [0.2, 0.25) is 5.02 Å². The van der Waals surface area contributed by atoms with Crippen LogP contribution in [0.3, 0.4) is 0 Å². The minimum atomic E-state index is -3.63. The quantitative estimate of drug-likeness (QED) is 0.816. The molecule has 0 fully saturated rings. The third kappa shape index (κ3) is 3.81. The normalized spacial score (nSPS) is 11.8. The molecule has 1 aromatic carbocycles. The molecular weight excluding hydrogens is 386 g/mol. The Kier molecular flexibility index (Phi) is 5.22. The van der Waals surface area contributed by atoms with Crippen molar-refractivity contribution in [3.63, 3.8) is 0 Å². The lowest BCUT2D eigenvalue weighted by Gasteiger charge is -2.08. The Morgan fingerprint density at radius 3 is 2.65 bits per heavy atom. The third-order valence-electron chi connectivity index (χ3n) is 2.56. The zero-order valence-electron chi connectivity index (χ0n) is 10.1. The highest BCUT2D eigenvalue weighted by Gasteiger charge is 2.15. The van der Waals surface area contributed by atoms with Gasteiger partial charge in [-0.3, -0.25) is 0 Å². The number of sulfonamides is 1. The third-order valence-corrected chi connectivity index (χ3v) is 5.95. The van der Waals surface area contributed by atoms with Crippen molar-refractivity contribution >= 4 is 48.9 Å². The van der Waals surface area contributed by atoms with E-state index < -0.39 is 10.0 Å². The van der Waals surface area contributed by atoms with Crippen molar-refractivity contribution < 1.29 is 13.5 Å². The van der Waals surface area contributed by atoms with Crippen LogP contribution >= 0.6 is 38.9 Å². The summed E-state index contributed by atoms with van der Waals surface area (Å²) in [4.78, 5) is 0.985. The summed E-state index contributed by atoms with van der Waals surface area (Å²) in [5.41, 5.74) is 0.383. The zero-order valence-corrected chi connectivity index (χ0v) is 14.1. The summed E-state index contributed by atoms with van der Waals surface area (Å²) >= 11 is 10.6. The minimum Gasteiger partial charge on any atom is -0.392 e. The second kappa shape index (κ2) is 6.55. The van der Waals surface area contributed by atoms with Crippen LogP contribution in [0.5, 0.6) is 0 Å². The van der Waals surface area contributed by atoms with Gasteiger partial charge in [0, 0.05) is 16.4 Å². The van der Waals surface area contributed by atoms with Crippen LogP contribution in [0.1, 0.15) is 10.4 Å². The molecule has 0 saturated heterocycles. The molecule has 0 amide bonds. The molecule has 8 heteroatoms. The van der Waals surface area contributed by atoms with E-state index in [9.17, 15) is 8.42 Å². The van der Waals surface area contributed by atoms with Gasteiger partial charge in [0.25, 0.3) is 0 Å². The fourth-order valence-electron chi connectivity index (χ4n) is 1.54. The minimum absolute atomic E-state index is 0.0848. The Labute approximate surface area is 134 Å². The van der Waals surface area contributed by atoms with Crippen LogP contribution in [-0.2, 0) is 23.2 Å². The number of hydrogen-bond donors (Lipinski definition) is 2. The van der Waals surface area contributed by atoms with E-state index in [4.69, 9.17) is 16.7 Å². The van der Waals surface area contributed by atoms with Gasteiger partial charge in [-0.1, -0.05) is 11.6 Å². The molecule has 20 heavy (non-hydrogen) atoms. The molecule has 108 valence electrons. The van der Waals surface area contributed by atoms with E-state index >= 15 is 0 Å². The molecule has 0 unspecified atom stereocenters. The standard InChI is InChI=1S/C12H11BrClNO3S2/c13-12-4-1-9(19-12)6-15-20(17,18)10-2-3-11(14)8(5-10)7-16/h1-5,15-16H,6-7H2. The first-order valence-electron chi connectivity index (χ1n) is 5.55. The molecule has 2 aromatic rings. The van der Waals surface area contributed by atoms with Gasteiger partial charge in [-0.2, -0.15) is 0 Å². The molecule has 2 N–H and O–H groups in total. The molecule has 0 radical (unpaired) electrons. The molecule has 2 rings (SSSR count). The van der Waals surface area contributed by atoms with E-state index in [0.717, 1.165) is 8.66 Å². The largest absolute Gasteiger partial charge is 0.392 e. The smallest absolute Gasteiger partial charge is 0.240 e. The van der Waals surface area contributed by atoms with Crippen molar-refractivity contribution in [2.24, 2.45) is 0 Å². The van der Waals surface area contributed by atoms with Gasteiger partial charge in [-0.15, -0.1) is 11.3 Å². The number of hydrogen-bond acceptors (Lipinski definition) is 4. The second-order valence-corrected chi connectivity index (χ2v) is 8.66. The van der Waals surface area contributed by atoms with Gasteiger partial charge in [-0.25, -0.2) is 13.1 Å². The Bertz CT molecular complexity index is 715. The van der Waals surface area contributed by atoms with Crippen LogP contribution in [0.4, 0.5) is 0 Å². The maximum Gasteiger partial charge on any atom is 0.240 e. The fourth-order valence-corrected chi connectivity index (χ4v) is 4.28. The van der Waals surface area contributed by atoms with Crippen LogP contribution in [0.15, 0.2) is 39.0 Å². The summed E-state index contributed by atoms with van der Waals surface area (Å²) in [6, 6.07) is 7.95. The molecule has 0 saturated carbocycles. The van der Waals surface area contributed by atoms with E-state index in [1.807, 2.05) is 12.1 Å². The van der Waals surface area contributed by atoms with Crippen molar-refractivity contribution in [2.45, 2.75) is 18.0 Å². The highest BCUT2D eigenvalue weighted by atomic mass is 79.9. The molecule has 1 heterocycles. The summed E-state index contributed by atoms with van der Waals surface area (Å²) in [7, 11) is -3.63. The molecular formula is C12H11BrClNO3S2. The predicted octanol–water partition coefficient (Wildman–Crippen LogP) is 3.13. The summed E-state index contributed by atoms with van der Waals surface area (Å²) < 4.78 is 27.8. The average molecular weight is 397 g/mol. The number of nitrogens with one attached hydrogen (secondary N) is 1. The summed E-state index contributed by atoms with van der Waals surface area (Å²) in [5, 5.41) is 9.46. The van der Waals surface area contributed by atoms with Gasteiger partial charge in [0.15, 0.2) is 0 Å². The van der Waals surface area contributed by atoms with Crippen LogP contribution in [-0.4, -0.2) is 13.5 Å². The highest BCUT2D eigenvalue weighted by Crippen LogP contribution is 2.23. The van der Waals surface area contributed by atoms with Gasteiger partial charge < -0.3 is 5.11 Å². The lowest BCUT2D eigenvalue weighted by Crippen LogP contribution is -2.22. The average Bonchev–Trinajstić information content (AvgIpc) is 2.83. The fraction of sp³-hybridized carbons (Fsp3) is 0.167. The zero-order chi connectivity index (χ0) is 14.8. The monoisotopic (exact) mass is 395 g/mol. The lowest BCUT2D eigenvalue weighted by atomic mass is 10.2. The number of halogens is 2. The number of rotatable bonds is 5. The van der Waals surface area contributed by atoms with Crippen molar-refractivity contribution in [3.8, 4) is 0 Å². The number of aliphatic hydroxyl groups excluding tert-OH is 1. The van der Waals surface area contributed by atoms with Crippen LogP contribution in [0.25, 0.3) is 0 Å². The highest BCUT2D eigenvalue weighted by molar-refractivity contribution is 9.11. The molecule has 0 aliphatic carbocycles. The van der Waals surface area contributed by atoms with Gasteiger partial charge >= 0.3 is 0 Å². The first-order valence-corrected chi connectivity index (χ1v) is 9.02. The van der Waals surface area contributed by atoms with Crippen LogP contribution in [0, 0.1) is 0 Å². The maximum atomic E-state index is 12.1. The van der Waals surface area contributed by atoms with E-state index in [1.165, 1.54) is 29.5 Å². The Hall–Kier alpha value is -0.440. The summed E-state index contributed by atoms with van der Waals surface area (Å²) in [6.07, 6.45) is 0. The summed E-state index contributed by atoms with van der Waals surface area (Å²) in [5.74, 6) is 0. The van der Waals surface area contributed by atoms with E-state index in [0.29, 0.717) is 10.6 Å². The van der Waals surface area contributed by atoms with Crippen molar-refractivity contribution in [1.82, 2.24) is 4.72 Å². The molecule has 4 nitrogen and oxygen atoms in total. The first kappa shape index (κ1) is 15.9. The molecule has 0 aliphatic heterocycles. The van der Waals surface area contributed by atoms with Crippen molar-refractivity contribution in [1.29, 1.82) is 0 Å². The summed E-state index contributed by atoms with van der Waals surface area (Å²) in [6.45, 7) is -0.0876. The van der Waals surface area contributed by atoms with Gasteiger partial charge in [0.1, 0.15) is 0 Å². The number of benzene rings is 1. The van der Waals surface area contributed by atoms with Gasteiger partial charge in [0.2, 0.25) is 10.0 Å². The molecule has 0 spiro atoms. The van der Waals surface area contributed by atoms with Gasteiger partial charge in [-0.05, 0) is 51.8 Å². The van der Waals surface area contributed by atoms with Crippen LogP contribution < -0.4 is 4.72 Å². The Balaban J connectivity index is 2.17. The van der Waals surface area contributed by atoms with Gasteiger partial charge in [0.05, 0.1) is 15.3 Å². The Morgan fingerprint density at radius 2 is 2.05 bits per heavy atom. The van der Waals surface area contributed by atoms with E-state index in [2.05, 4.69) is 20.7 Å². The van der Waals surface area contributed by atoms with Crippen molar-refractivity contribution in [2.75, 3.05) is 0 Å². The van der Waals surface area contributed by atoms with E-state index in [1.54, 1.807) is 0 Å². The SMILES string of the molecule is O=S(=O)(NCc1ccc(Br)s1)c1ccc(Cl)c(CO)c1. The Morgan fingerprint density at radius 1 is 1.30 bits per heavy atom. The molecule has 1 aromatic heterocycles. The number of aliphatic hydroxyl groups is 1. The maximum absolute atomic E-state index is 12.1. The molecule has 0 atom stereocenters. The molecule has 0 bridgehead atoms. The predicted molar refractivity (Wildman–Crippen MR) is 83.4 cm³/mol. The van der Waals surface area contributed by atoms with E-state index in [-0.39, 0.29) is 18.0 Å². The molecule has 0 aliphatic rings. The first-order chi connectivity index (χ1) is 9.42. The second-order valence-electron chi connectivity index (χ2n) is 3.94. The van der Waals surface area contributed by atoms with Crippen molar-refractivity contribution in [3.05, 3.63) is 49.6 Å². The lowest BCUT2D eigenvalue weighted by molar-refractivity contribution is 0.281. The number of thiophene rings is 1.